The van der Waals surface area contributed by atoms with Crippen LogP contribution in [-0.4, -0.2) is 33.4 Å². The topological polar surface area (TPSA) is 9.23 Å². The van der Waals surface area contributed by atoms with Gasteiger partial charge in [-0.25, -0.2) is 0 Å². The number of ether oxygens (including phenoxy) is 1. The van der Waals surface area contributed by atoms with E-state index >= 15 is 0 Å². The molecule has 0 radical (unpaired) electrons. The molecule has 0 aliphatic carbocycles. The Balaban J connectivity index is 2.23. The second kappa shape index (κ2) is 4.01. The predicted molar refractivity (Wildman–Crippen MR) is 62.4 cm³/mol. The van der Waals surface area contributed by atoms with Gasteiger partial charge in [-0.3, -0.25) is 4.48 Å². The molecule has 0 unspecified atom stereocenters. The van der Waals surface area contributed by atoms with Crippen molar-refractivity contribution in [2.45, 2.75) is 0 Å². The summed E-state index contributed by atoms with van der Waals surface area (Å²) in [6.07, 6.45) is 0. The van der Waals surface area contributed by atoms with Gasteiger partial charge in [-0.15, -0.1) is 0 Å². The quantitative estimate of drug-likeness (QED) is 0.702. The summed E-state index contributed by atoms with van der Waals surface area (Å²) in [6.45, 7) is 3.88. The molecule has 0 aromatic heterocycles. The molecule has 0 amide bonds. The van der Waals surface area contributed by atoms with E-state index in [0.29, 0.717) is 0 Å². The molecule has 76 valence electrons. The Kier molecular flexibility index (Phi) is 2.91. The first kappa shape index (κ1) is 10.1. The molecule has 1 fully saturated rings. The third-order valence-electron chi connectivity index (χ3n) is 2.91. The maximum atomic E-state index is 5.39. The third kappa shape index (κ3) is 2.00. The van der Waals surface area contributed by atoms with Crippen LogP contribution in [0.5, 0.6) is 0 Å². The fourth-order valence-corrected chi connectivity index (χ4v) is 2.07. The molecule has 0 N–H and O–H groups in total. The lowest BCUT2D eigenvalue weighted by atomic mass is 10.2. The fourth-order valence-electron chi connectivity index (χ4n) is 1.81. The van der Waals surface area contributed by atoms with Crippen LogP contribution in [0.1, 0.15) is 0 Å². The summed E-state index contributed by atoms with van der Waals surface area (Å²) in [5.74, 6) is 0. The molecule has 14 heavy (non-hydrogen) atoms. The molecule has 1 aromatic carbocycles. The van der Waals surface area contributed by atoms with Gasteiger partial charge >= 0.3 is 0 Å². The van der Waals surface area contributed by atoms with Gasteiger partial charge in [0.15, 0.2) is 0 Å². The van der Waals surface area contributed by atoms with Crippen LogP contribution in [0.3, 0.4) is 0 Å². The lowest BCUT2D eigenvalue weighted by molar-refractivity contribution is 0.0526. The first-order chi connectivity index (χ1) is 6.71. The predicted octanol–water partition coefficient (Wildman–Crippen LogP) is 2.42. The largest absolute Gasteiger partial charge is 0.370 e. The zero-order valence-electron chi connectivity index (χ0n) is 8.37. The van der Waals surface area contributed by atoms with Crippen LogP contribution in [-0.2, 0) is 4.74 Å². The van der Waals surface area contributed by atoms with E-state index in [-0.39, 0.29) is 0 Å². The molecule has 0 bridgehead atoms. The number of rotatable bonds is 1. The van der Waals surface area contributed by atoms with Gasteiger partial charge in [0.25, 0.3) is 0 Å². The number of quaternary nitrogens is 1. The van der Waals surface area contributed by atoms with Gasteiger partial charge in [-0.2, -0.15) is 0 Å². The van der Waals surface area contributed by atoms with Crippen LogP contribution in [0.4, 0.5) is 5.69 Å². The smallest absolute Gasteiger partial charge is 0.132 e. The molecule has 1 heterocycles. The van der Waals surface area contributed by atoms with E-state index in [1.54, 1.807) is 0 Å². The first-order valence-electron chi connectivity index (χ1n) is 4.89. The van der Waals surface area contributed by atoms with Crippen LogP contribution in [0, 0.1) is 0 Å². The normalized spacial score (nSPS) is 20.7. The number of morpholine rings is 1. The Labute approximate surface area is 93.2 Å². The summed E-state index contributed by atoms with van der Waals surface area (Å²) in [5, 5.41) is 0. The van der Waals surface area contributed by atoms with Crippen LogP contribution in [0.15, 0.2) is 28.7 Å². The molecule has 1 aliphatic heterocycles. The minimum atomic E-state index is 0.868. The molecule has 0 saturated carbocycles. The number of nitrogens with zero attached hydrogens (tertiary/aromatic N) is 1. The molecule has 0 spiro atoms. The van der Waals surface area contributed by atoms with Gasteiger partial charge in [0.05, 0.1) is 20.3 Å². The van der Waals surface area contributed by atoms with Crippen molar-refractivity contribution in [3.63, 3.8) is 0 Å². The summed E-state index contributed by atoms with van der Waals surface area (Å²) >= 11 is 3.46. The van der Waals surface area contributed by atoms with E-state index in [1.807, 2.05) is 0 Å². The summed E-state index contributed by atoms with van der Waals surface area (Å²) in [4.78, 5) is 0. The third-order valence-corrected chi connectivity index (χ3v) is 3.44. The van der Waals surface area contributed by atoms with Gasteiger partial charge < -0.3 is 4.74 Å². The Bertz CT molecular complexity index is 304. The van der Waals surface area contributed by atoms with Crippen molar-refractivity contribution < 1.29 is 4.74 Å². The standard InChI is InChI=1S/C11H15BrNO/c1-13(6-8-14-9-7-13)11-4-2-10(12)3-5-11/h2-5H,6-9H2,1H3/q+1. The number of halogens is 1. The molecule has 2 rings (SSSR count). The molecule has 1 aliphatic rings. The maximum Gasteiger partial charge on any atom is 0.132 e. The van der Waals surface area contributed by atoms with Crippen molar-refractivity contribution in [2.24, 2.45) is 0 Å². The van der Waals surface area contributed by atoms with Gasteiger partial charge in [0.2, 0.25) is 0 Å². The zero-order valence-corrected chi connectivity index (χ0v) is 9.96. The number of benzene rings is 1. The summed E-state index contributed by atoms with van der Waals surface area (Å²) in [5.41, 5.74) is 1.37. The zero-order chi connectivity index (χ0) is 10.0. The molecule has 1 aromatic rings. The highest BCUT2D eigenvalue weighted by atomic mass is 79.9. The monoisotopic (exact) mass is 256 g/mol. The van der Waals surface area contributed by atoms with E-state index in [4.69, 9.17) is 4.74 Å². The Morgan fingerprint density at radius 3 is 2.29 bits per heavy atom. The lowest BCUT2D eigenvalue weighted by Gasteiger charge is -2.37. The van der Waals surface area contributed by atoms with Crippen LogP contribution in [0.2, 0.25) is 0 Å². The molecular weight excluding hydrogens is 242 g/mol. The Morgan fingerprint density at radius 1 is 1.14 bits per heavy atom. The summed E-state index contributed by atoms with van der Waals surface area (Å²) < 4.78 is 7.52. The minimum Gasteiger partial charge on any atom is -0.370 e. The van der Waals surface area contributed by atoms with E-state index in [9.17, 15) is 0 Å². The Morgan fingerprint density at radius 2 is 1.71 bits per heavy atom. The number of hydrogen-bond donors (Lipinski definition) is 0. The van der Waals surface area contributed by atoms with Crippen molar-refractivity contribution in [3.05, 3.63) is 28.7 Å². The van der Waals surface area contributed by atoms with Crippen molar-refractivity contribution in [1.82, 2.24) is 4.48 Å². The molecule has 1 saturated heterocycles. The van der Waals surface area contributed by atoms with Crippen molar-refractivity contribution >= 4 is 21.6 Å². The van der Waals surface area contributed by atoms with Gasteiger partial charge in [0, 0.05) is 16.6 Å². The van der Waals surface area contributed by atoms with E-state index in [2.05, 4.69) is 47.2 Å². The van der Waals surface area contributed by atoms with E-state index in [0.717, 1.165) is 35.3 Å². The van der Waals surface area contributed by atoms with Crippen molar-refractivity contribution in [3.8, 4) is 0 Å². The summed E-state index contributed by atoms with van der Waals surface area (Å²) in [7, 11) is 2.27. The van der Waals surface area contributed by atoms with Crippen molar-refractivity contribution in [1.29, 1.82) is 0 Å². The second-order valence-corrected chi connectivity index (χ2v) is 4.85. The average molecular weight is 257 g/mol. The van der Waals surface area contributed by atoms with E-state index in [1.165, 1.54) is 5.69 Å². The van der Waals surface area contributed by atoms with Gasteiger partial charge in [0.1, 0.15) is 18.8 Å². The molecular formula is C11H15BrNO+. The highest BCUT2D eigenvalue weighted by Crippen LogP contribution is 2.24. The Hall–Kier alpha value is -0.380. The average Bonchev–Trinajstić information content (AvgIpc) is 2.19. The lowest BCUT2D eigenvalue weighted by Crippen LogP contribution is -2.53. The minimum absolute atomic E-state index is 0.868. The fraction of sp³-hybridized carbons (Fsp3) is 0.455. The SMILES string of the molecule is C[N+]1(c2ccc(Br)cc2)CCOCC1. The number of hydrogen-bond acceptors (Lipinski definition) is 1. The highest BCUT2D eigenvalue weighted by molar-refractivity contribution is 9.10. The highest BCUT2D eigenvalue weighted by Gasteiger charge is 2.27. The van der Waals surface area contributed by atoms with Crippen LogP contribution >= 0.6 is 15.9 Å². The van der Waals surface area contributed by atoms with Crippen molar-refractivity contribution in [2.75, 3.05) is 33.4 Å². The maximum absolute atomic E-state index is 5.39. The van der Waals surface area contributed by atoms with E-state index < -0.39 is 0 Å². The van der Waals surface area contributed by atoms with Gasteiger partial charge in [-0.1, -0.05) is 15.9 Å². The van der Waals surface area contributed by atoms with Crippen LogP contribution < -0.4 is 4.48 Å². The molecule has 2 nitrogen and oxygen atoms in total. The van der Waals surface area contributed by atoms with Gasteiger partial charge in [-0.05, 0) is 12.1 Å². The number of likely N-dealkylation sites (N-methyl/N-ethyl adjacent to an activating group) is 1. The van der Waals surface area contributed by atoms with Crippen LogP contribution in [0.25, 0.3) is 0 Å². The second-order valence-electron chi connectivity index (χ2n) is 3.93. The summed E-state index contributed by atoms with van der Waals surface area (Å²) in [6, 6.07) is 8.59. The molecule has 0 atom stereocenters. The first-order valence-corrected chi connectivity index (χ1v) is 5.68. The molecule has 3 heteroatoms.